The van der Waals surface area contributed by atoms with Crippen molar-refractivity contribution in [3.63, 3.8) is 0 Å². The molecule has 3 heterocycles. The number of fused-ring (bicyclic) bond motifs is 1. The number of rotatable bonds is 5. The molecule has 0 aliphatic heterocycles. The second-order valence-electron chi connectivity index (χ2n) is 7.49. The van der Waals surface area contributed by atoms with Gasteiger partial charge in [0.25, 0.3) is 5.91 Å². The zero-order valence-electron chi connectivity index (χ0n) is 16.0. The van der Waals surface area contributed by atoms with Crippen LogP contribution in [-0.2, 0) is 11.8 Å². The molecule has 1 fully saturated rings. The van der Waals surface area contributed by atoms with Crippen molar-refractivity contribution in [2.24, 2.45) is 0 Å². The van der Waals surface area contributed by atoms with Gasteiger partial charge in [-0.2, -0.15) is 4.68 Å². The van der Waals surface area contributed by atoms with Crippen LogP contribution in [0.3, 0.4) is 0 Å². The summed E-state index contributed by atoms with van der Waals surface area (Å²) in [5, 5.41) is 8.04. The molecule has 6 heteroatoms. The smallest absolute Gasteiger partial charge is 0.270 e. The molecule has 1 saturated carbocycles. The van der Waals surface area contributed by atoms with Crippen molar-refractivity contribution in [3.8, 4) is 0 Å². The third kappa shape index (κ3) is 2.97. The zero-order valence-corrected chi connectivity index (χ0v) is 16.0. The van der Waals surface area contributed by atoms with E-state index < -0.39 is 5.41 Å². The van der Waals surface area contributed by atoms with E-state index >= 15 is 0 Å². The predicted octanol–water partition coefficient (Wildman–Crippen LogP) is 3.63. The lowest BCUT2D eigenvalue weighted by atomic mass is 9.72. The minimum atomic E-state index is -0.578. The minimum absolute atomic E-state index is 0.240. The standard InChI is InChI=1S/C23H21N5O/c1-2-21(29)28-18-15-23(19-7-3-5-13-24-19,20-8-4-6-14-25-20)12-11-17(18)22(27-28)26-16-9-10-16/h2-8,11-14,16H,1,9-10,15H2,(H,26,27). The highest BCUT2D eigenvalue weighted by atomic mass is 16.2. The number of anilines is 1. The zero-order chi connectivity index (χ0) is 19.8. The molecule has 3 aromatic heterocycles. The molecule has 6 nitrogen and oxygen atoms in total. The Morgan fingerprint density at radius 1 is 1.14 bits per heavy atom. The van der Waals surface area contributed by atoms with Crippen molar-refractivity contribution < 1.29 is 4.79 Å². The third-order valence-corrected chi connectivity index (χ3v) is 5.55. The maximum absolute atomic E-state index is 12.6. The van der Waals surface area contributed by atoms with Crippen molar-refractivity contribution in [2.45, 2.75) is 30.7 Å². The van der Waals surface area contributed by atoms with Crippen LogP contribution in [0.2, 0.25) is 0 Å². The second-order valence-corrected chi connectivity index (χ2v) is 7.49. The van der Waals surface area contributed by atoms with Gasteiger partial charge in [-0.15, -0.1) is 5.10 Å². The molecule has 0 amide bonds. The molecule has 0 bridgehead atoms. The Bertz CT molecular complexity index is 1060. The Hall–Kier alpha value is -3.54. The first-order valence-electron chi connectivity index (χ1n) is 9.79. The van der Waals surface area contributed by atoms with E-state index in [1.165, 1.54) is 10.8 Å². The number of nitrogens with zero attached hydrogens (tertiary/aromatic N) is 4. The first-order valence-corrected chi connectivity index (χ1v) is 9.79. The van der Waals surface area contributed by atoms with Crippen LogP contribution in [0.15, 0.2) is 67.5 Å². The summed E-state index contributed by atoms with van der Waals surface area (Å²) >= 11 is 0. The Labute approximate surface area is 169 Å². The molecule has 144 valence electrons. The number of aromatic nitrogens is 4. The van der Waals surface area contributed by atoms with E-state index in [4.69, 9.17) is 0 Å². The summed E-state index contributed by atoms with van der Waals surface area (Å²) < 4.78 is 1.47. The van der Waals surface area contributed by atoms with Crippen LogP contribution in [0.5, 0.6) is 0 Å². The summed E-state index contributed by atoms with van der Waals surface area (Å²) in [6.07, 6.45) is 11.9. The van der Waals surface area contributed by atoms with Gasteiger partial charge in [-0.05, 0) is 43.2 Å². The molecular formula is C23H21N5O. The first-order chi connectivity index (χ1) is 14.2. The number of allylic oxidation sites excluding steroid dienone is 2. The molecule has 2 aliphatic carbocycles. The van der Waals surface area contributed by atoms with Crippen LogP contribution in [-0.4, -0.2) is 31.7 Å². The molecule has 2 aliphatic rings. The van der Waals surface area contributed by atoms with Crippen molar-refractivity contribution in [3.05, 3.63) is 90.2 Å². The van der Waals surface area contributed by atoms with Gasteiger partial charge in [-0.25, -0.2) is 0 Å². The number of carbonyl (C=O) groups excluding carboxylic acids is 1. The van der Waals surface area contributed by atoms with Crippen LogP contribution < -0.4 is 5.32 Å². The van der Waals surface area contributed by atoms with Crippen LogP contribution in [0.4, 0.5) is 5.82 Å². The van der Waals surface area contributed by atoms with E-state index in [2.05, 4.69) is 33.0 Å². The molecule has 5 rings (SSSR count). The van der Waals surface area contributed by atoms with E-state index in [9.17, 15) is 4.79 Å². The highest BCUT2D eigenvalue weighted by Crippen LogP contribution is 2.42. The lowest BCUT2D eigenvalue weighted by Gasteiger charge is -2.32. The van der Waals surface area contributed by atoms with Gasteiger partial charge in [0, 0.05) is 30.4 Å². The molecule has 3 aromatic rings. The molecule has 0 aromatic carbocycles. The number of hydrogen-bond acceptors (Lipinski definition) is 5. The van der Waals surface area contributed by atoms with Crippen LogP contribution in [0.25, 0.3) is 6.08 Å². The molecule has 0 saturated heterocycles. The van der Waals surface area contributed by atoms with Crippen LogP contribution >= 0.6 is 0 Å². The lowest BCUT2D eigenvalue weighted by Crippen LogP contribution is -2.34. The van der Waals surface area contributed by atoms with Gasteiger partial charge in [0.05, 0.1) is 22.5 Å². The van der Waals surface area contributed by atoms with Gasteiger partial charge in [-0.1, -0.05) is 30.9 Å². The Morgan fingerprint density at radius 2 is 1.83 bits per heavy atom. The summed E-state index contributed by atoms with van der Waals surface area (Å²) in [4.78, 5) is 21.9. The van der Waals surface area contributed by atoms with Gasteiger partial charge in [0.2, 0.25) is 0 Å². The summed E-state index contributed by atoms with van der Waals surface area (Å²) in [6.45, 7) is 3.65. The largest absolute Gasteiger partial charge is 0.365 e. The number of carbonyl (C=O) groups is 1. The van der Waals surface area contributed by atoms with Crippen molar-refractivity contribution in [2.75, 3.05) is 5.32 Å². The average Bonchev–Trinajstić information content (AvgIpc) is 3.54. The highest BCUT2D eigenvalue weighted by molar-refractivity contribution is 5.91. The van der Waals surface area contributed by atoms with Crippen molar-refractivity contribution in [1.29, 1.82) is 0 Å². The Balaban J connectivity index is 1.69. The van der Waals surface area contributed by atoms with E-state index in [-0.39, 0.29) is 5.91 Å². The van der Waals surface area contributed by atoms with Crippen molar-refractivity contribution in [1.82, 2.24) is 19.7 Å². The fraction of sp³-hybridized carbons (Fsp3) is 0.217. The van der Waals surface area contributed by atoms with Gasteiger partial charge in [0.15, 0.2) is 5.82 Å². The minimum Gasteiger partial charge on any atom is -0.365 e. The predicted molar refractivity (Wildman–Crippen MR) is 112 cm³/mol. The van der Waals surface area contributed by atoms with Gasteiger partial charge in [0.1, 0.15) is 0 Å². The topological polar surface area (TPSA) is 72.7 Å². The number of hydrogen-bond donors (Lipinski definition) is 1. The first kappa shape index (κ1) is 17.6. The fourth-order valence-corrected chi connectivity index (χ4v) is 3.89. The maximum Gasteiger partial charge on any atom is 0.270 e. The summed E-state index contributed by atoms with van der Waals surface area (Å²) in [6, 6.07) is 12.2. The van der Waals surface area contributed by atoms with Gasteiger partial charge < -0.3 is 5.32 Å². The van der Waals surface area contributed by atoms with Crippen LogP contribution in [0.1, 0.15) is 40.3 Å². The molecule has 0 atom stereocenters. The summed E-state index contributed by atoms with van der Waals surface area (Å²) in [5.74, 6) is 0.515. The van der Waals surface area contributed by atoms with Crippen LogP contribution in [0, 0.1) is 0 Å². The summed E-state index contributed by atoms with van der Waals surface area (Å²) in [5.41, 5.74) is 2.99. The van der Waals surface area contributed by atoms with Gasteiger partial charge in [-0.3, -0.25) is 14.8 Å². The van der Waals surface area contributed by atoms with Gasteiger partial charge >= 0.3 is 0 Å². The number of nitrogens with one attached hydrogen (secondary N) is 1. The number of pyridine rings is 2. The van der Waals surface area contributed by atoms with E-state index in [0.29, 0.717) is 12.5 Å². The second kappa shape index (κ2) is 6.81. The summed E-state index contributed by atoms with van der Waals surface area (Å²) in [7, 11) is 0. The van der Waals surface area contributed by atoms with E-state index in [1.807, 2.05) is 42.5 Å². The monoisotopic (exact) mass is 383 g/mol. The fourth-order valence-electron chi connectivity index (χ4n) is 3.89. The van der Waals surface area contributed by atoms with E-state index in [0.717, 1.165) is 41.3 Å². The SMILES string of the molecule is C=CC(=O)n1nc(NC2CC2)c2c1CC(c1ccccn1)(c1ccccn1)C=C2. The lowest BCUT2D eigenvalue weighted by molar-refractivity contribution is 0.0950. The molecule has 29 heavy (non-hydrogen) atoms. The Kier molecular flexibility index (Phi) is 4.12. The molecule has 0 unspecified atom stereocenters. The average molecular weight is 383 g/mol. The maximum atomic E-state index is 12.6. The molecular weight excluding hydrogens is 362 g/mol. The molecule has 0 radical (unpaired) electrons. The quantitative estimate of drug-likeness (QED) is 0.681. The van der Waals surface area contributed by atoms with Crippen molar-refractivity contribution >= 4 is 17.8 Å². The van der Waals surface area contributed by atoms with E-state index in [1.54, 1.807) is 12.4 Å². The Morgan fingerprint density at radius 3 is 2.38 bits per heavy atom. The molecule has 0 spiro atoms. The highest BCUT2D eigenvalue weighted by Gasteiger charge is 2.40. The third-order valence-electron chi connectivity index (χ3n) is 5.55. The normalized spacial score (nSPS) is 16.8. The molecule has 1 N–H and O–H groups in total.